The lowest BCUT2D eigenvalue weighted by Crippen LogP contribution is -2.24. The summed E-state index contributed by atoms with van der Waals surface area (Å²) in [5.74, 6) is -0.405. The van der Waals surface area contributed by atoms with Crippen LogP contribution < -0.4 is 11.2 Å². The highest BCUT2D eigenvalue weighted by molar-refractivity contribution is 5.81. The van der Waals surface area contributed by atoms with Crippen molar-refractivity contribution in [3.8, 4) is 0 Å². The predicted molar refractivity (Wildman–Crippen MR) is 46.7 cm³/mol. The average Bonchev–Trinajstić information content (AvgIpc) is 2.08. The van der Waals surface area contributed by atoms with Gasteiger partial charge >= 0.3 is 6.03 Å². The number of rotatable bonds is 2. The van der Waals surface area contributed by atoms with E-state index in [1.54, 1.807) is 12.1 Å². The molecule has 13 heavy (non-hydrogen) atoms. The number of amides is 2. The highest BCUT2D eigenvalue weighted by atomic mass is 19.1. The van der Waals surface area contributed by atoms with Gasteiger partial charge in [-0.25, -0.2) is 14.6 Å². The number of nitrogens with one attached hydrogen (secondary N) is 1. The molecule has 0 fully saturated rings. The summed E-state index contributed by atoms with van der Waals surface area (Å²) in [6.07, 6.45) is 1.18. The number of hydrogen-bond donors (Lipinski definition) is 2. The van der Waals surface area contributed by atoms with Gasteiger partial charge < -0.3 is 5.73 Å². The number of carbonyl (C=O) groups is 1. The fourth-order valence-corrected chi connectivity index (χ4v) is 0.745. The Kier molecular flexibility index (Phi) is 2.97. The Bertz CT molecular complexity index is 338. The maximum Gasteiger partial charge on any atom is 0.332 e. The molecular formula is C8H8FN3O. The smallest absolute Gasteiger partial charge is 0.332 e. The van der Waals surface area contributed by atoms with Gasteiger partial charge in [-0.15, -0.1) is 0 Å². The van der Waals surface area contributed by atoms with Crippen LogP contribution in [-0.2, 0) is 0 Å². The summed E-state index contributed by atoms with van der Waals surface area (Å²) in [5.41, 5.74) is 6.99. The van der Waals surface area contributed by atoms with Gasteiger partial charge in [0.15, 0.2) is 0 Å². The quantitative estimate of drug-likeness (QED) is 0.515. The van der Waals surface area contributed by atoms with Gasteiger partial charge in [0.1, 0.15) is 5.82 Å². The number of hydrazone groups is 1. The SMILES string of the molecule is NC(=O)N/N=C/c1ccccc1F. The van der Waals surface area contributed by atoms with E-state index in [0.717, 1.165) is 0 Å². The Morgan fingerprint density at radius 1 is 1.54 bits per heavy atom. The first-order chi connectivity index (χ1) is 6.20. The molecule has 1 rings (SSSR count). The van der Waals surface area contributed by atoms with Crippen molar-refractivity contribution in [2.24, 2.45) is 10.8 Å². The van der Waals surface area contributed by atoms with Gasteiger partial charge in [-0.05, 0) is 6.07 Å². The Hall–Kier alpha value is -1.91. The fraction of sp³-hybridized carbons (Fsp3) is 0. The zero-order valence-corrected chi connectivity index (χ0v) is 6.70. The zero-order chi connectivity index (χ0) is 9.68. The van der Waals surface area contributed by atoms with Crippen LogP contribution >= 0.6 is 0 Å². The van der Waals surface area contributed by atoms with Crippen molar-refractivity contribution in [1.29, 1.82) is 0 Å². The molecule has 0 saturated carbocycles. The largest absolute Gasteiger partial charge is 0.350 e. The summed E-state index contributed by atoms with van der Waals surface area (Å²) in [4.78, 5) is 10.2. The second-order valence-electron chi connectivity index (χ2n) is 2.26. The normalized spacial score (nSPS) is 10.2. The molecule has 0 unspecified atom stereocenters. The van der Waals surface area contributed by atoms with E-state index in [4.69, 9.17) is 5.73 Å². The molecule has 0 aromatic heterocycles. The Balaban J connectivity index is 2.68. The van der Waals surface area contributed by atoms with Crippen molar-refractivity contribution in [3.05, 3.63) is 35.6 Å². The lowest BCUT2D eigenvalue weighted by atomic mass is 10.2. The van der Waals surface area contributed by atoms with Gasteiger partial charge in [0.25, 0.3) is 0 Å². The van der Waals surface area contributed by atoms with E-state index in [-0.39, 0.29) is 5.56 Å². The number of hydrogen-bond acceptors (Lipinski definition) is 2. The standard InChI is InChI=1S/C8H8FN3O/c9-7-4-2-1-3-6(7)5-11-12-8(10)13/h1-5H,(H3,10,12,13)/b11-5+. The number of benzene rings is 1. The number of urea groups is 1. The minimum Gasteiger partial charge on any atom is -0.350 e. The van der Waals surface area contributed by atoms with Gasteiger partial charge in [-0.3, -0.25) is 0 Å². The summed E-state index contributed by atoms with van der Waals surface area (Å²) < 4.78 is 12.9. The molecule has 0 atom stereocenters. The maximum atomic E-state index is 12.9. The second kappa shape index (κ2) is 4.20. The fourth-order valence-electron chi connectivity index (χ4n) is 0.745. The van der Waals surface area contributed by atoms with E-state index in [1.807, 2.05) is 5.43 Å². The number of nitrogens with zero attached hydrogens (tertiary/aromatic N) is 1. The van der Waals surface area contributed by atoms with Crippen LogP contribution in [0.1, 0.15) is 5.56 Å². The van der Waals surface area contributed by atoms with Crippen LogP contribution in [0.4, 0.5) is 9.18 Å². The van der Waals surface area contributed by atoms with E-state index in [2.05, 4.69) is 5.10 Å². The summed E-state index contributed by atoms with van der Waals surface area (Å²) in [6.45, 7) is 0. The van der Waals surface area contributed by atoms with Crippen LogP contribution in [-0.4, -0.2) is 12.2 Å². The minimum atomic E-state index is -0.785. The molecule has 0 radical (unpaired) electrons. The highest BCUT2D eigenvalue weighted by Crippen LogP contribution is 2.02. The number of primary amides is 1. The molecule has 1 aromatic rings. The first-order valence-corrected chi connectivity index (χ1v) is 3.53. The first-order valence-electron chi connectivity index (χ1n) is 3.53. The van der Waals surface area contributed by atoms with E-state index in [0.29, 0.717) is 0 Å². The van der Waals surface area contributed by atoms with Gasteiger partial charge in [-0.2, -0.15) is 5.10 Å². The Labute approximate surface area is 74.2 Å². The summed E-state index contributed by atoms with van der Waals surface area (Å²) in [5, 5.41) is 3.41. The lowest BCUT2D eigenvalue weighted by molar-refractivity contribution is 0.249. The molecule has 4 nitrogen and oxygen atoms in total. The van der Waals surface area contributed by atoms with Crippen molar-refractivity contribution >= 4 is 12.2 Å². The van der Waals surface area contributed by atoms with Gasteiger partial charge in [0.05, 0.1) is 6.21 Å². The summed E-state index contributed by atoms with van der Waals surface area (Å²) in [7, 11) is 0. The second-order valence-corrected chi connectivity index (χ2v) is 2.26. The highest BCUT2D eigenvalue weighted by Gasteiger charge is 1.95. The molecule has 0 aliphatic carbocycles. The van der Waals surface area contributed by atoms with Crippen LogP contribution in [0, 0.1) is 5.82 Å². The monoisotopic (exact) mass is 181 g/mol. The van der Waals surface area contributed by atoms with E-state index >= 15 is 0 Å². The third kappa shape index (κ3) is 2.90. The molecule has 68 valence electrons. The maximum absolute atomic E-state index is 12.9. The number of halogens is 1. The molecular weight excluding hydrogens is 173 g/mol. The Morgan fingerprint density at radius 2 is 2.23 bits per heavy atom. The third-order valence-electron chi connectivity index (χ3n) is 1.28. The third-order valence-corrected chi connectivity index (χ3v) is 1.28. The van der Waals surface area contributed by atoms with E-state index < -0.39 is 11.8 Å². The van der Waals surface area contributed by atoms with Gasteiger partial charge in [0, 0.05) is 5.56 Å². The molecule has 0 bridgehead atoms. The van der Waals surface area contributed by atoms with E-state index in [1.165, 1.54) is 18.3 Å². The van der Waals surface area contributed by atoms with Crippen molar-refractivity contribution in [1.82, 2.24) is 5.43 Å². The van der Waals surface area contributed by atoms with Crippen molar-refractivity contribution in [2.45, 2.75) is 0 Å². The molecule has 0 aliphatic rings. The van der Waals surface area contributed by atoms with Crippen LogP contribution in [0.5, 0.6) is 0 Å². The Morgan fingerprint density at radius 3 is 2.85 bits per heavy atom. The van der Waals surface area contributed by atoms with Crippen molar-refractivity contribution in [2.75, 3.05) is 0 Å². The zero-order valence-electron chi connectivity index (χ0n) is 6.70. The minimum absolute atomic E-state index is 0.288. The van der Waals surface area contributed by atoms with Crippen molar-refractivity contribution < 1.29 is 9.18 Å². The van der Waals surface area contributed by atoms with Crippen LogP contribution in [0.3, 0.4) is 0 Å². The van der Waals surface area contributed by atoms with Gasteiger partial charge in [-0.1, -0.05) is 18.2 Å². The molecule has 0 spiro atoms. The van der Waals surface area contributed by atoms with E-state index in [9.17, 15) is 9.18 Å². The molecule has 5 heteroatoms. The number of nitrogens with two attached hydrogens (primary N) is 1. The molecule has 1 aromatic carbocycles. The summed E-state index contributed by atoms with van der Waals surface area (Å²) >= 11 is 0. The van der Waals surface area contributed by atoms with Crippen LogP contribution in [0.25, 0.3) is 0 Å². The molecule has 0 aliphatic heterocycles. The van der Waals surface area contributed by atoms with Crippen LogP contribution in [0.2, 0.25) is 0 Å². The van der Waals surface area contributed by atoms with Gasteiger partial charge in [0.2, 0.25) is 0 Å². The predicted octanol–water partition coefficient (Wildman–Crippen LogP) is 0.828. The average molecular weight is 181 g/mol. The lowest BCUT2D eigenvalue weighted by Gasteiger charge is -1.94. The van der Waals surface area contributed by atoms with Crippen LogP contribution in [0.15, 0.2) is 29.4 Å². The molecule has 0 heterocycles. The molecule has 3 N–H and O–H groups in total. The molecule has 2 amide bonds. The topological polar surface area (TPSA) is 67.5 Å². The molecule has 0 saturated heterocycles. The summed E-state index contributed by atoms with van der Waals surface area (Å²) in [6, 6.07) is 5.27. The number of carbonyl (C=O) groups excluding carboxylic acids is 1. The van der Waals surface area contributed by atoms with Crippen molar-refractivity contribution in [3.63, 3.8) is 0 Å². The first kappa shape index (κ1) is 9.18.